The highest BCUT2D eigenvalue weighted by atomic mass is 79.9. The highest BCUT2D eigenvalue weighted by Crippen LogP contribution is 2.27. The first-order chi connectivity index (χ1) is 11.4. The number of benzene rings is 2. The van der Waals surface area contributed by atoms with Gasteiger partial charge in [0.15, 0.2) is 0 Å². The van der Waals surface area contributed by atoms with Crippen LogP contribution in [0.2, 0.25) is 0 Å². The first kappa shape index (κ1) is 18.5. The van der Waals surface area contributed by atoms with Gasteiger partial charge in [0.1, 0.15) is 5.75 Å². The molecule has 0 fully saturated rings. The highest BCUT2D eigenvalue weighted by molar-refractivity contribution is 9.10. The number of aryl methyl sites for hydroxylation is 1. The Labute approximate surface area is 151 Å². The van der Waals surface area contributed by atoms with Crippen molar-refractivity contribution in [3.05, 3.63) is 57.6 Å². The van der Waals surface area contributed by atoms with Crippen molar-refractivity contribution in [2.75, 3.05) is 19.0 Å². The molecule has 2 rings (SSSR count). The zero-order valence-electron chi connectivity index (χ0n) is 14.4. The number of hydrogen-bond donors (Lipinski definition) is 2. The smallest absolute Gasteiger partial charge is 0.238 e. The Bertz CT molecular complexity index is 731. The van der Waals surface area contributed by atoms with Crippen LogP contribution in [0.4, 0.5) is 5.69 Å². The van der Waals surface area contributed by atoms with Gasteiger partial charge in [0.25, 0.3) is 0 Å². The van der Waals surface area contributed by atoms with E-state index in [1.165, 1.54) is 0 Å². The minimum atomic E-state index is -0.0527. The third-order valence-corrected chi connectivity index (χ3v) is 4.74. The van der Waals surface area contributed by atoms with E-state index < -0.39 is 0 Å². The topological polar surface area (TPSA) is 50.4 Å². The molecule has 0 saturated carbocycles. The summed E-state index contributed by atoms with van der Waals surface area (Å²) in [5.41, 5.74) is 4.21. The summed E-state index contributed by atoms with van der Waals surface area (Å²) in [6.07, 6.45) is 0. The molecule has 2 aromatic rings. The lowest BCUT2D eigenvalue weighted by Gasteiger charge is -2.16. The van der Waals surface area contributed by atoms with Crippen molar-refractivity contribution < 1.29 is 9.53 Å². The maximum atomic E-state index is 12.2. The standard InChI is InChI=1S/C19H23BrN2O2/c1-12-6-5-7-17(13(12)2)22-19(23)11-21-14(3)15-8-9-18(24-4)16(20)10-15/h5-10,14,21H,11H2,1-4H3,(H,22,23)/t14-/m1/s1. The first-order valence-electron chi connectivity index (χ1n) is 7.85. The quantitative estimate of drug-likeness (QED) is 0.769. The highest BCUT2D eigenvalue weighted by Gasteiger charge is 2.11. The van der Waals surface area contributed by atoms with Crippen LogP contribution < -0.4 is 15.4 Å². The van der Waals surface area contributed by atoms with Crippen LogP contribution in [-0.4, -0.2) is 19.6 Å². The Hall–Kier alpha value is -1.85. The fraction of sp³-hybridized carbons (Fsp3) is 0.316. The molecular weight excluding hydrogens is 368 g/mol. The summed E-state index contributed by atoms with van der Waals surface area (Å²) in [5, 5.41) is 6.20. The van der Waals surface area contributed by atoms with Gasteiger partial charge in [-0.05, 0) is 71.6 Å². The van der Waals surface area contributed by atoms with Gasteiger partial charge >= 0.3 is 0 Å². The van der Waals surface area contributed by atoms with Crippen molar-refractivity contribution in [3.8, 4) is 5.75 Å². The van der Waals surface area contributed by atoms with Crippen molar-refractivity contribution >= 4 is 27.5 Å². The monoisotopic (exact) mass is 390 g/mol. The number of carbonyl (C=O) groups is 1. The molecule has 0 aliphatic carbocycles. The Kier molecular flexibility index (Phi) is 6.40. The predicted octanol–water partition coefficient (Wildman–Crippen LogP) is 4.36. The third-order valence-electron chi connectivity index (χ3n) is 4.12. The molecule has 0 saturated heterocycles. The number of carbonyl (C=O) groups excluding carboxylic acids is 1. The van der Waals surface area contributed by atoms with Crippen molar-refractivity contribution in [1.29, 1.82) is 0 Å². The number of hydrogen-bond acceptors (Lipinski definition) is 3. The van der Waals surface area contributed by atoms with E-state index >= 15 is 0 Å². The average molecular weight is 391 g/mol. The SMILES string of the molecule is COc1ccc([C@@H](C)NCC(=O)Nc2cccc(C)c2C)cc1Br. The van der Waals surface area contributed by atoms with E-state index in [-0.39, 0.29) is 18.5 Å². The summed E-state index contributed by atoms with van der Waals surface area (Å²) in [7, 11) is 1.64. The summed E-state index contributed by atoms with van der Waals surface area (Å²) in [6, 6.07) is 11.9. The molecular formula is C19H23BrN2O2. The molecule has 4 nitrogen and oxygen atoms in total. The van der Waals surface area contributed by atoms with E-state index in [0.717, 1.165) is 32.6 Å². The van der Waals surface area contributed by atoms with Crippen molar-refractivity contribution in [1.82, 2.24) is 5.32 Å². The van der Waals surface area contributed by atoms with E-state index in [0.29, 0.717) is 0 Å². The molecule has 1 amide bonds. The summed E-state index contributed by atoms with van der Waals surface area (Å²) in [4.78, 5) is 12.2. The van der Waals surface area contributed by atoms with Crippen LogP contribution in [0, 0.1) is 13.8 Å². The van der Waals surface area contributed by atoms with Gasteiger partial charge in [0, 0.05) is 11.7 Å². The maximum Gasteiger partial charge on any atom is 0.238 e. The molecule has 2 N–H and O–H groups in total. The van der Waals surface area contributed by atoms with Crippen LogP contribution in [0.1, 0.15) is 29.7 Å². The summed E-state index contributed by atoms with van der Waals surface area (Å²) in [6.45, 7) is 6.32. The first-order valence-corrected chi connectivity index (χ1v) is 8.64. The number of halogens is 1. The molecule has 24 heavy (non-hydrogen) atoms. The Balaban J connectivity index is 1.93. The predicted molar refractivity (Wildman–Crippen MR) is 102 cm³/mol. The molecule has 0 unspecified atom stereocenters. The van der Waals surface area contributed by atoms with E-state index in [2.05, 4.69) is 26.6 Å². The molecule has 2 aromatic carbocycles. The third kappa shape index (κ3) is 4.58. The normalized spacial score (nSPS) is 11.9. The maximum absolute atomic E-state index is 12.2. The number of methoxy groups -OCH3 is 1. The lowest BCUT2D eigenvalue weighted by molar-refractivity contribution is -0.115. The lowest BCUT2D eigenvalue weighted by Crippen LogP contribution is -2.30. The molecule has 1 atom stereocenters. The van der Waals surface area contributed by atoms with Crippen LogP contribution >= 0.6 is 15.9 Å². The fourth-order valence-electron chi connectivity index (χ4n) is 2.40. The van der Waals surface area contributed by atoms with Crippen LogP contribution in [0.15, 0.2) is 40.9 Å². The van der Waals surface area contributed by atoms with Gasteiger partial charge in [0.2, 0.25) is 5.91 Å². The number of anilines is 1. The Morgan fingerprint density at radius 3 is 2.67 bits per heavy atom. The Morgan fingerprint density at radius 1 is 1.25 bits per heavy atom. The average Bonchev–Trinajstić information content (AvgIpc) is 2.56. The van der Waals surface area contributed by atoms with Crippen LogP contribution in [0.3, 0.4) is 0 Å². The van der Waals surface area contributed by atoms with E-state index in [1.807, 2.05) is 57.2 Å². The van der Waals surface area contributed by atoms with Gasteiger partial charge in [-0.25, -0.2) is 0 Å². The molecule has 0 aliphatic heterocycles. The fourth-order valence-corrected chi connectivity index (χ4v) is 2.95. The number of rotatable bonds is 6. The second-order valence-corrected chi connectivity index (χ2v) is 6.65. The van der Waals surface area contributed by atoms with Crippen LogP contribution in [0.25, 0.3) is 0 Å². The molecule has 0 heterocycles. The van der Waals surface area contributed by atoms with E-state index in [9.17, 15) is 4.79 Å². The van der Waals surface area contributed by atoms with E-state index in [1.54, 1.807) is 7.11 Å². The summed E-state index contributed by atoms with van der Waals surface area (Å²) >= 11 is 3.48. The zero-order chi connectivity index (χ0) is 17.7. The zero-order valence-corrected chi connectivity index (χ0v) is 16.0. The molecule has 128 valence electrons. The minimum absolute atomic E-state index is 0.0524. The summed E-state index contributed by atoms with van der Waals surface area (Å²) in [5.74, 6) is 0.738. The second-order valence-electron chi connectivity index (χ2n) is 5.79. The van der Waals surface area contributed by atoms with Gasteiger partial charge < -0.3 is 15.4 Å². The minimum Gasteiger partial charge on any atom is -0.496 e. The van der Waals surface area contributed by atoms with Crippen molar-refractivity contribution in [2.24, 2.45) is 0 Å². The lowest BCUT2D eigenvalue weighted by atomic mass is 10.1. The number of amides is 1. The molecule has 0 bridgehead atoms. The van der Waals surface area contributed by atoms with Crippen LogP contribution in [0.5, 0.6) is 5.75 Å². The molecule has 0 aliphatic rings. The molecule has 0 aromatic heterocycles. The van der Waals surface area contributed by atoms with Crippen molar-refractivity contribution in [2.45, 2.75) is 26.8 Å². The van der Waals surface area contributed by atoms with Crippen molar-refractivity contribution in [3.63, 3.8) is 0 Å². The van der Waals surface area contributed by atoms with E-state index in [4.69, 9.17) is 4.74 Å². The largest absolute Gasteiger partial charge is 0.496 e. The molecule has 5 heteroatoms. The molecule has 0 spiro atoms. The summed E-state index contributed by atoms with van der Waals surface area (Å²) < 4.78 is 6.13. The number of nitrogens with one attached hydrogen (secondary N) is 2. The van der Waals surface area contributed by atoms with Gasteiger partial charge in [-0.3, -0.25) is 4.79 Å². The molecule has 0 radical (unpaired) electrons. The number of ether oxygens (including phenoxy) is 1. The Morgan fingerprint density at radius 2 is 2.00 bits per heavy atom. The van der Waals surface area contributed by atoms with Gasteiger partial charge in [-0.15, -0.1) is 0 Å². The van der Waals surface area contributed by atoms with Gasteiger partial charge in [0.05, 0.1) is 18.1 Å². The second kappa shape index (κ2) is 8.31. The van der Waals surface area contributed by atoms with Gasteiger partial charge in [-0.1, -0.05) is 18.2 Å². The van der Waals surface area contributed by atoms with Gasteiger partial charge in [-0.2, -0.15) is 0 Å². The van der Waals surface area contributed by atoms with Crippen LogP contribution in [-0.2, 0) is 4.79 Å².